The maximum atomic E-state index is 12.3. The van der Waals surface area contributed by atoms with Crippen molar-refractivity contribution in [1.29, 1.82) is 0 Å². The highest BCUT2D eigenvalue weighted by molar-refractivity contribution is 9.10. The van der Waals surface area contributed by atoms with Crippen LogP contribution in [-0.4, -0.2) is 17.1 Å². The predicted octanol–water partition coefficient (Wildman–Crippen LogP) is 5.39. The third-order valence-corrected chi connectivity index (χ3v) is 4.43. The summed E-state index contributed by atoms with van der Waals surface area (Å²) in [5.74, 6) is -0.289. The van der Waals surface area contributed by atoms with Crippen molar-refractivity contribution in [2.45, 2.75) is 13.8 Å². The number of esters is 1. The van der Waals surface area contributed by atoms with Crippen LogP contribution in [0.15, 0.2) is 65.1 Å². The first-order valence-electron chi connectivity index (χ1n) is 7.82. The summed E-state index contributed by atoms with van der Waals surface area (Å²) in [6.07, 6.45) is 0. The SMILES string of the molecule is CCOC(=O)c1cc(-c2ccc(Br)cc2)n(-c2ccccc2)c1C. The summed E-state index contributed by atoms with van der Waals surface area (Å²) in [5, 5.41) is 0. The largest absolute Gasteiger partial charge is 0.462 e. The second-order valence-electron chi connectivity index (χ2n) is 5.43. The molecule has 1 aromatic heterocycles. The zero-order valence-electron chi connectivity index (χ0n) is 13.6. The van der Waals surface area contributed by atoms with Crippen LogP contribution in [0.1, 0.15) is 23.0 Å². The van der Waals surface area contributed by atoms with E-state index in [4.69, 9.17) is 4.74 Å². The van der Waals surface area contributed by atoms with Gasteiger partial charge in [-0.05, 0) is 49.7 Å². The number of ether oxygens (including phenoxy) is 1. The van der Waals surface area contributed by atoms with Crippen LogP contribution >= 0.6 is 15.9 Å². The van der Waals surface area contributed by atoms with E-state index in [9.17, 15) is 4.79 Å². The summed E-state index contributed by atoms with van der Waals surface area (Å²) in [4.78, 5) is 12.3. The summed E-state index contributed by atoms with van der Waals surface area (Å²) >= 11 is 3.46. The Morgan fingerprint density at radius 2 is 1.75 bits per heavy atom. The number of aromatic nitrogens is 1. The molecule has 122 valence electrons. The van der Waals surface area contributed by atoms with Crippen LogP contribution < -0.4 is 0 Å². The summed E-state index contributed by atoms with van der Waals surface area (Å²) in [7, 11) is 0. The number of carbonyl (C=O) groups excluding carboxylic acids is 1. The molecule has 3 nitrogen and oxygen atoms in total. The van der Waals surface area contributed by atoms with Crippen molar-refractivity contribution in [2.24, 2.45) is 0 Å². The van der Waals surface area contributed by atoms with E-state index in [1.54, 1.807) is 0 Å². The average molecular weight is 384 g/mol. The predicted molar refractivity (Wildman–Crippen MR) is 99.6 cm³/mol. The molecule has 0 N–H and O–H groups in total. The van der Waals surface area contributed by atoms with Crippen molar-refractivity contribution < 1.29 is 9.53 Å². The van der Waals surface area contributed by atoms with Crippen molar-refractivity contribution >= 4 is 21.9 Å². The Balaban J connectivity index is 2.21. The van der Waals surface area contributed by atoms with Gasteiger partial charge in [0.25, 0.3) is 0 Å². The number of hydrogen-bond acceptors (Lipinski definition) is 2. The molecular formula is C20H18BrNO2. The van der Waals surface area contributed by atoms with E-state index >= 15 is 0 Å². The molecule has 0 radical (unpaired) electrons. The summed E-state index contributed by atoms with van der Waals surface area (Å²) in [6, 6.07) is 20.0. The third-order valence-electron chi connectivity index (χ3n) is 3.90. The summed E-state index contributed by atoms with van der Waals surface area (Å²) < 4.78 is 8.32. The quantitative estimate of drug-likeness (QED) is 0.565. The molecule has 0 amide bonds. The minimum Gasteiger partial charge on any atom is -0.462 e. The molecule has 4 heteroatoms. The van der Waals surface area contributed by atoms with E-state index in [0.717, 1.165) is 27.1 Å². The van der Waals surface area contributed by atoms with Gasteiger partial charge in [-0.25, -0.2) is 4.79 Å². The zero-order chi connectivity index (χ0) is 17.1. The van der Waals surface area contributed by atoms with Gasteiger partial charge in [-0.3, -0.25) is 0 Å². The van der Waals surface area contributed by atoms with Gasteiger partial charge in [0, 0.05) is 15.9 Å². The Bertz CT molecular complexity index is 851. The van der Waals surface area contributed by atoms with E-state index in [0.29, 0.717) is 12.2 Å². The van der Waals surface area contributed by atoms with Gasteiger partial charge in [0.05, 0.1) is 17.9 Å². The smallest absolute Gasteiger partial charge is 0.339 e. The minimum absolute atomic E-state index is 0.289. The number of benzene rings is 2. The van der Waals surface area contributed by atoms with Crippen molar-refractivity contribution in [3.63, 3.8) is 0 Å². The van der Waals surface area contributed by atoms with Crippen molar-refractivity contribution in [3.8, 4) is 16.9 Å². The van der Waals surface area contributed by atoms with Crippen molar-refractivity contribution in [2.75, 3.05) is 6.61 Å². The maximum Gasteiger partial charge on any atom is 0.339 e. The maximum absolute atomic E-state index is 12.3. The van der Waals surface area contributed by atoms with Crippen LogP contribution in [0.3, 0.4) is 0 Å². The number of nitrogens with zero attached hydrogens (tertiary/aromatic N) is 1. The molecule has 0 saturated carbocycles. The second-order valence-corrected chi connectivity index (χ2v) is 6.34. The Kier molecular flexibility index (Phi) is 4.86. The Labute approximate surface area is 150 Å². The molecule has 1 heterocycles. The molecule has 0 aliphatic rings. The fourth-order valence-corrected chi connectivity index (χ4v) is 3.03. The molecule has 0 bridgehead atoms. The van der Waals surface area contributed by atoms with Crippen LogP contribution in [0.25, 0.3) is 16.9 Å². The first-order valence-corrected chi connectivity index (χ1v) is 8.62. The van der Waals surface area contributed by atoms with Crippen LogP contribution in [-0.2, 0) is 4.74 Å². The highest BCUT2D eigenvalue weighted by Crippen LogP contribution is 2.30. The highest BCUT2D eigenvalue weighted by Gasteiger charge is 2.20. The van der Waals surface area contributed by atoms with Gasteiger partial charge in [0.2, 0.25) is 0 Å². The molecule has 0 aliphatic heterocycles. The molecule has 24 heavy (non-hydrogen) atoms. The van der Waals surface area contributed by atoms with Gasteiger partial charge >= 0.3 is 5.97 Å². The molecule has 0 unspecified atom stereocenters. The van der Waals surface area contributed by atoms with E-state index in [-0.39, 0.29) is 5.97 Å². The lowest BCUT2D eigenvalue weighted by Crippen LogP contribution is -2.06. The Morgan fingerprint density at radius 3 is 2.38 bits per heavy atom. The fourth-order valence-electron chi connectivity index (χ4n) is 2.77. The topological polar surface area (TPSA) is 31.2 Å². The first kappa shape index (κ1) is 16.5. The molecule has 0 saturated heterocycles. The zero-order valence-corrected chi connectivity index (χ0v) is 15.2. The van der Waals surface area contributed by atoms with Gasteiger partial charge in [-0.15, -0.1) is 0 Å². The van der Waals surface area contributed by atoms with Crippen LogP contribution in [0, 0.1) is 6.92 Å². The number of rotatable bonds is 4. The van der Waals surface area contributed by atoms with Gasteiger partial charge in [0.1, 0.15) is 0 Å². The standard InChI is InChI=1S/C20H18BrNO2/c1-3-24-20(23)18-13-19(15-9-11-16(21)12-10-15)22(14(18)2)17-7-5-4-6-8-17/h4-13H,3H2,1-2H3. The van der Waals surface area contributed by atoms with E-state index < -0.39 is 0 Å². The van der Waals surface area contributed by atoms with Crippen molar-refractivity contribution in [3.05, 3.63) is 76.4 Å². The monoisotopic (exact) mass is 383 g/mol. The van der Waals surface area contributed by atoms with Gasteiger partial charge in [-0.2, -0.15) is 0 Å². The van der Waals surface area contributed by atoms with E-state index in [2.05, 4.69) is 20.5 Å². The highest BCUT2D eigenvalue weighted by atomic mass is 79.9. The van der Waals surface area contributed by atoms with Gasteiger partial charge in [-0.1, -0.05) is 46.3 Å². The lowest BCUT2D eigenvalue weighted by atomic mass is 10.1. The van der Waals surface area contributed by atoms with Gasteiger partial charge in [0.15, 0.2) is 0 Å². The Hall–Kier alpha value is -2.33. The first-order chi connectivity index (χ1) is 11.6. The molecule has 2 aromatic carbocycles. The van der Waals surface area contributed by atoms with Crippen LogP contribution in [0.2, 0.25) is 0 Å². The lowest BCUT2D eigenvalue weighted by Gasteiger charge is -2.12. The number of hydrogen-bond donors (Lipinski definition) is 0. The number of carbonyl (C=O) groups is 1. The molecule has 3 rings (SSSR count). The van der Waals surface area contributed by atoms with Crippen LogP contribution in [0.4, 0.5) is 0 Å². The fraction of sp³-hybridized carbons (Fsp3) is 0.150. The minimum atomic E-state index is -0.289. The van der Waals surface area contributed by atoms with Crippen molar-refractivity contribution in [1.82, 2.24) is 4.57 Å². The molecule has 0 atom stereocenters. The third kappa shape index (κ3) is 3.15. The Morgan fingerprint density at radius 1 is 1.08 bits per heavy atom. The summed E-state index contributed by atoms with van der Waals surface area (Å²) in [5.41, 5.74) is 4.50. The summed E-state index contributed by atoms with van der Waals surface area (Å²) in [6.45, 7) is 4.13. The molecule has 0 fully saturated rings. The normalized spacial score (nSPS) is 10.6. The molecular weight excluding hydrogens is 366 g/mol. The van der Waals surface area contributed by atoms with Gasteiger partial charge < -0.3 is 9.30 Å². The molecule has 0 aliphatic carbocycles. The molecule has 0 spiro atoms. The van der Waals surface area contributed by atoms with E-state index in [1.165, 1.54) is 0 Å². The van der Waals surface area contributed by atoms with E-state index in [1.807, 2.05) is 74.5 Å². The number of halogens is 1. The average Bonchev–Trinajstić information content (AvgIpc) is 2.94. The second kappa shape index (κ2) is 7.05. The lowest BCUT2D eigenvalue weighted by molar-refractivity contribution is 0.0525. The van der Waals surface area contributed by atoms with Crippen LogP contribution in [0.5, 0.6) is 0 Å². The number of para-hydroxylation sites is 1. The molecule has 3 aromatic rings.